The molecule has 1 aliphatic heterocycles. The molecule has 2 rings (SSSR count). The second-order valence-electron chi connectivity index (χ2n) is 5.72. The Morgan fingerprint density at radius 1 is 1.43 bits per heavy atom. The molecule has 1 atom stereocenters. The molecule has 1 fully saturated rings. The lowest BCUT2D eigenvalue weighted by Crippen LogP contribution is -2.43. The van der Waals surface area contributed by atoms with Gasteiger partial charge >= 0.3 is 0 Å². The van der Waals surface area contributed by atoms with E-state index in [2.05, 4.69) is 19.2 Å². The number of hydrogen-bond donors (Lipinski definition) is 1. The van der Waals surface area contributed by atoms with Crippen LogP contribution in [-0.2, 0) is 0 Å². The van der Waals surface area contributed by atoms with E-state index in [1.54, 1.807) is 0 Å². The maximum atomic E-state index is 13.4. The maximum absolute atomic E-state index is 13.4. The van der Waals surface area contributed by atoms with E-state index in [-0.39, 0.29) is 27.6 Å². The predicted molar refractivity (Wildman–Crippen MR) is 83.6 cm³/mol. The summed E-state index contributed by atoms with van der Waals surface area (Å²) in [6, 6.07) is 2.73. The van der Waals surface area contributed by atoms with Crippen LogP contribution in [0, 0.1) is 11.7 Å². The molecule has 1 N–H and O–H groups in total. The molecule has 116 valence electrons. The highest BCUT2D eigenvalue weighted by molar-refractivity contribution is 6.43. The number of nitrogens with zero attached hydrogens (tertiary/aromatic N) is 1. The minimum atomic E-state index is -0.615. The van der Waals surface area contributed by atoms with Crippen LogP contribution in [0.3, 0.4) is 0 Å². The molecule has 0 aromatic heterocycles. The number of carbonyl (C=O) groups is 1. The van der Waals surface area contributed by atoms with Gasteiger partial charge in [-0.2, -0.15) is 0 Å². The van der Waals surface area contributed by atoms with E-state index in [4.69, 9.17) is 23.2 Å². The van der Waals surface area contributed by atoms with Gasteiger partial charge < -0.3 is 10.2 Å². The number of rotatable bonds is 4. The topological polar surface area (TPSA) is 32.3 Å². The molecule has 1 aliphatic rings. The standard InChI is InChI=1S/C15H19Cl2FN2O/c1-9(2)8-20(10-5-6-19-7-10)15(21)11-3-4-12(18)14(17)13(11)16/h3-4,9-10,19H,5-8H2,1-2H3. The highest BCUT2D eigenvalue weighted by Gasteiger charge is 2.29. The van der Waals surface area contributed by atoms with Crippen LogP contribution in [0.5, 0.6) is 0 Å². The summed E-state index contributed by atoms with van der Waals surface area (Å²) in [5, 5.41) is 3.04. The van der Waals surface area contributed by atoms with Crippen molar-refractivity contribution >= 4 is 29.1 Å². The molecule has 0 aliphatic carbocycles. The monoisotopic (exact) mass is 332 g/mol. The van der Waals surface area contributed by atoms with E-state index < -0.39 is 5.82 Å². The highest BCUT2D eigenvalue weighted by Crippen LogP contribution is 2.30. The van der Waals surface area contributed by atoms with Crippen LogP contribution in [-0.4, -0.2) is 36.5 Å². The summed E-state index contributed by atoms with van der Waals surface area (Å²) in [5.41, 5.74) is 0.260. The van der Waals surface area contributed by atoms with E-state index in [9.17, 15) is 9.18 Å². The SMILES string of the molecule is CC(C)CN(C(=O)c1ccc(F)c(Cl)c1Cl)C1CCNC1. The molecule has 0 bridgehead atoms. The van der Waals surface area contributed by atoms with Crippen molar-refractivity contribution in [1.82, 2.24) is 10.2 Å². The molecular formula is C15H19Cl2FN2O. The van der Waals surface area contributed by atoms with E-state index in [0.29, 0.717) is 12.5 Å². The number of halogens is 3. The molecule has 1 aromatic carbocycles. The van der Waals surface area contributed by atoms with Crippen molar-refractivity contribution in [1.29, 1.82) is 0 Å². The predicted octanol–water partition coefficient (Wildman–Crippen LogP) is 3.59. The summed E-state index contributed by atoms with van der Waals surface area (Å²) >= 11 is 11.9. The second kappa shape index (κ2) is 6.95. The van der Waals surface area contributed by atoms with Crippen LogP contribution < -0.4 is 5.32 Å². The van der Waals surface area contributed by atoms with E-state index in [1.165, 1.54) is 12.1 Å². The number of benzene rings is 1. The first-order valence-corrected chi connectivity index (χ1v) is 7.82. The first kappa shape index (κ1) is 16.5. The van der Waals surface area contributed by atoms with E-state index in [0.717, 1.165) is 19.5 Å². The Labute approximate surface area is 134 Å². The van der Waals surface area contributed by atoms with Crippen LogP contribution >= 0.6 is 23.2 Å². The Morgan fingerprint density at radius 2 is 2.14 bits per heavy atom. The zero-order valence-corrected chi connectivity index (χ0v) is 13.6. The fraction of sp³-hybridized carbons (Fsp3) is 0.533. The van der Waals surface area contributed by atoms with E-state index in [1.807, 2.05) is 4.90 Å². The zero-order valence-electron chi connectivity index (χ0n) is 12.1. The van der Waals surface area contributed by atoms with Gasteiger partial charge in [-0.3, -0.25) is 4.79 Å². The molecule has 1 amide bonds. The summed E-state index contributed by atoms with van der Waals surface area (Å²) in [5.74, 6) is -0.468. The molecular weight excluding hydrogens is 314 g/mol. The third-order valence-electron chi connectivity index (χ3n) is 3.56. The van der Waals surface area contributed by atoms with Gasteiger partial charge in [-0.25, -0.2) is 4.39 Å². The average molecular weight is 333 g/mol. The number of carbonyl (C=O) groups excluding carboxylic acids is 1. The molecule has 1 heterocycles. The van der Waals surface area contributed by atoms with Gasteiger partial charge in [0.25, 0.3) is 5.91 Å². The molecule has 0 saturated carbocycles. The summed E-state index contributed by atoms with van der Waals surface area (Å²) in [4.78, 5) is 14.6. The Hall–Kier alpha value is -0.840. The third kappa shape index (κ3) is 3.68. The van der Waals surface area contributed by atoms with Crippen LogP contribution in [0.25, 0.3) is 0 Å². The lowest BCUT2D eigenvalue weighted by atomic mass is 10.1. The van der Waals surface area contributed by atoms with Gasteiger partial charge in [-0.1, -0.05) is 37.0 Å². The van der Waals surface area contributed by atoms with E-state index >= 15 is 0 Å². The van der Waals surface area contributed by atoms with Crippen molar-refractivity contribution in [2.75, 3.05) is 19.6 Å². The number of nitrogens with one attached hydrogen (secondary N) is 1. The van der Waals surface area contributed by atoms with Crippen molar-refractivity contribution in [3.63, 3.8) is 0 Å². The van der Waals surface area contributed by atoms with Crippen LogP contribution in [0.2, 0.25) is 10.0 Å². The first-order chi connectivity index (χ1) is 9.91. The van der Waals surface area contributed by atoms with Crippen LogP contribution in [0.1, 0.15) is 30.6 Å². The van der Waals surface area contributed by atoms with Gasteiger partial charge in [0.1, 0.15) is 5.82 Å². The third-order valence-corrected chi connectivity index (χ3v) is 4.42. The van der Waals surface area contributed by atoms with Gasteiger partial charge in [0.2, 0.25) is 0 Å². The summed E-state index contributed by atoms with van der Waals surface area (Å²) in [7, 11) is 0. The Kier molecular flexibility index (Phi) is 5.47. The van der Waals surface area contributed by atoms with Gasteiger partial charge in [0, 0.05) is 19.1 Å². The van der Waals surface area contributed by atoms with Gasteiger partial charge in [0.05, 0.1) is 15.6 Å². The van der Waals surface area contributed by atoms with Crippen LogP contribution in [0.15, 0.2) is 12.1 Å². The Balaban J connectivity index is 2.31. The van der Waals surface area contributed by atoms with Crippen molar-refractivity contribution in [3.05, 3.63) is 33.6 Å². The first-order valence-electron chi connectivity index (χ1n) is 7.07. The number of amides is 1. The van der Waals surface area contributed by atoms with Crippen molar-refractivity contribution < 1.29 is 9.18 Å². The summed E-state index contributed by atoms with van der Waals surface area (Å²) < 4.78 is 13.4. The number of hydrogen-bond acceptors (Lipinski definition) is 2. The van der Waals surface area contributed by atoms with Crippen molar-refractivity contribution in [2.45, 2.75) is 26.3 Å². The average Bonchev–Trinajstić information content (AvgIpc) is 2.95. The zero-order chi connectivity index (χ0) is 15.6. The normalized spacial score (nSPS) is 18.3. The minimum absolute atomic E-state index is 0.0126. The Bertz CT molecular complexity index is 531. The molecule has 0 radical (unpaired) electrons. The molecule has 1 saturated heterocycles. The molecule has 0 spiro atoms. The molecule has 21 heavy (non-hydrogen) atoms. The van der Waals surface area contributed by atoms with Crippen LogP contribution in [0.4, 0.5) is 4.39 Å². The molecule has 1 aromatic rings. The lowest BCUT2D eigenvalue weighted by molar-refractivity contribution is 0.0667. The minimum Gasteiger partial charge on any atom is -0.334 e. The Morgan fingerprint density at radius 3 is 2.71 bits per heavy atom. The fourth-order valence-corrected chi connectivity index (χ4v) is 2.94. The fourth-order valence-electron chi connectivity index (χ4n) is 2.54. The van der Waals surface area contributed by atoms with Gasteiger partial charge in [0.15, 0.2) is 0 Å². The quantitative estimate of drug-likeness (QED) is 0.854. The second-order valence-corrected chi connectivity index (χ2v) is 6.48. The lowest BCUT2D eigenvalue weighted by Gasteiger charge is -2.30. The smallest absolute Gasteiger partial charge is 0.255 e. The van der Waals surface area contributed by atoms with Crippen molar-refractivity contribution in [3.8, 4) is 0 Å². The molecule has 6 heteroatoms. The maximum Gasteiger partial charge on any atom is 0.255 e. The molecule has 3 nitrogen and oxygen atoms in total. The highest BCUT2D eigenvalue weighted by atomic mass is 35.5. The van der Waals surface area contributed by atoms with Crippen molar-refractivity contribution in [2.24, 2.45) is 5.92 Å². The largest absolute Gasteiger partial charge is 0.334 e. The summed E-state index contributed by atoms with van der Waals surface area (Å²) in [6.45, 7) is 6.41. The van der Waals surface area contributed by atoms with Gasteiger partial charge in [-0.15, -0.1) is 0 Å². The summed E-state index contributed by atoms with van der Waals surface area (Å²) in [6.07, 6.45) is 0.908. The van der Waals surface area contributed by atoms with Gasteiger partial charge in [-0.05, 0) is 31.0 Å². The molecule has 1 unspecified atom stereocenters.